The fourth-order valence-electron chi connectivity index (χ4n) is 3.15. The third-order valence-corrected chi connectivity index (χ3v) is 5.09. The van der Waals surface area contributed by atoms with Gasteiger partial charge in [-0.2, -0.15) is 13.2 Å². The van der Waals surface area contributed by atoms with Gasteiger partial charge >= 0.3 is 12.1 Å². The van der Waals surface area contributed by atoms with Crippen LogP contribution in [0.3, 0.4) is 0 Å². The summed E-state index contributed by atoms with van der Waals surface area (Å²) in [6.07, 6.45) is -3.43. The Morgan fingerprint density at radius 2 is 2.07 bits per heavy atom. The lowest BCUT2D eigenvalue weighted by atomic mass is 9.77. The quantitative estimate of drug-likeness (QED) is 0.475. The van der Waals surface area contributed by atoms with Crippen LogP contribution in [0.25, 0.3) is 0 Å². The molecule has 0 saturated heterocycles. The van der Waals surface area contributed by atoms with Gasteiger partial charge in [-0.1, -0.05) is 22.0 Å². The van der Waals surface area contributed by atoms with Crippen LogP contribution in [0.15, 0.2) is 22.7 Å². The number of fused-ring (bicyclic) bond motifs is 1. The minimum atomic E-state index is -4.44. The van der Waals surface area contributed by atoms with Crippen LogP contribution in [0.4, 0.5) is 13.2 Å². The van der Waals surface area contributed by atoms with Gasteiger partial charge in [0.25, 0.3) is 0 Å². The highest BCUT2D eigenvalue weighted by molar-refractivity contribution is 9.10. The van der Waals surface area contributed by atoms with E-state index in [9.17, 15) is 22.8 Å². The number of ether oxygens (including phenoxy) is 2. The molecule has 2 rings (SSSR count). The van der Waals surface area contributed by atoms with Crippen LogP contribution < -0.4 is 11.1 Å². The molecule has 156 valence electrons. The summed E-state index contributed by atoms with van der Waals surface area (Å²) in [5.74, 6) is -1.23. The molecule has 10 heteroatoms. The van der Waals surface area contributed by atoms with E-state index in [1.807, 2.05) is 18.2 Å². The Hall–Kier alpha value is -1.65. The molecule has 0 heterocycles. The van der Waals surface area contributed by atoms with Gasteiger partial charge in [0.2, 0.25) is 5.91 Å². The molecule has 0 aromatic heterocycles. The number of rotatable bonds is 7. The standard InChI is InChI=1S/C18H22BrF3N2O4/c1-27-16(26)17(6-4-11-8-13(19)3-2-12(11)9-17)24-15(25)14(23)5-7-28-10-18(20,21)22/h2-3,8,14H,4-7,9-10,23H2,1H3,(H,24,25). The zero-order valence-electron chi connectivity index (χ0n) is 15.3. The fourth-order valence-corrected chi connectivity index (χ4v) is 3.55. The number of nitrogens with two attached hydrogens (primary N) is 1. The van der Waals surface area contributed by atoms with E-state index in [4.69, 9.17) is 10.5 Å². The van der Waals surface area contributed by atoms with Gasteiger partial charge in [0.1, 0.15) is 12.1 Å². The van der Waals surface area contributed by atoms with Crippen molar-refractivity contribution in [3.63, 3.8) is 0 Å². The number of nitrogens with one attached hydrogen (secondary N) is 1. The van der Waals surface area contributed by atoms with Crippen molar-refractivity contribution in [2.45, 2.75) is 43.4 Å². The van der Waals surface area contributed by atoms with Crippen molar-refractivity contribution in [2.75, 3.05) is 20.3 Å². The summed E-state index contributed by atoms with van der Waals surface area (Å²) in [6.45, 7) is -1.73. The number of amides is 1. The van der Waals surface area contributed by atoms with E-state index in [1.54, 1.807) is 0 Å². The third-order valence-electron chi connectivity index (χ3n) is 4.60. The van der Waals surface area contributed by atoms with Gasteiger partial charge in [-0.15, -0.1) is 0 Å². The Balaban J connectivity index is 2.03. The molecule has 1 aromatic rings. The number of halogens is 4. The molecule has 6 nitrogen and oxygen atoms in total. The molecule has 28 heavy (non-hydrogen) atoms. The van der Waals surface area contributed by atoms with Crippen molar-refractivity contribution in [3.05, 3.63) is 33.8 Å². The van der Waals surface area contributed by atoms with Crippen LogP contribution in [0.1, 0.15) is 24.0 Å². The number of aryl methyl sites for hydroxylation is 1. The summed E-state index contributed by atoms with van der Waals surface area (Å²) in [7, 11) is 1.23. The molecule has 1 amide bonds. The van der Waals surface area contributed by atoms with Crippen molar-refractivity contribution in [2.24, 2.45) is 5.73 Å². The van der Waals surface area contributed by atoms with E-state index in [1.165, 1.54) is 7.11 Å². The van der Waals surface area contributed by atoms with E-state index < -0.39 is 36.2 Å². The molecule has 1 aliphatic carbocycles. The molecule has 0 bridgehead atoms. The number of carbonyl (C=O) groups excluding carboxylic acids is 2. The number of methoxy groups -OCH3 is 1. The maximum absolute atomic E-state index is 12.5. The van der Waals surface area contributed by atoms with Gasteiger partial charge in [-0.05, 0) is 42.5 Å². The topological polar surface area (TPSA) is 90.7 Å². The average molecular weight is 467 g/mol. The van der Waals surface area contributed by atoms with Gasteiger partial charge in [-0.3, -0.25) is 4.79 Å². The van der Waals surface area contributed by atoms with Gasteiger partial charge in [0, 0.05) is 17.5 Å². The van der Waals surface area contributed by atoms with E-state index in [-0.39, 0.29) is 19.4 Å². The molecule has 0 spiro atoms. The van der Waals surface area contributed by atoms with Gasteiger partial charge in [-0.25, -0.2) is 4.79 Å². The van der Waals surface area contributed by atoms with Crippen LogP contribution >= 0.6 is 15.9 Å². The Kier molecular flexibility index (Phi) is 7.46. The van der Waals surface area contributed by atoms with Crippen molar-refractivity contribution in [1.29, 1.82) is 0 Å². The molecule has 2 atom stereocenters. The molecular formula is C18H22BrF3N2O4. The van der Waals surface area contributed by atoms with Crippen LogP contribution in [0, 0.1) is 0 Å². The molecular weight excluding hydrogens is 445 g/mol. The summed E-state index contributed by atoms with van der Waals surface area (Å²) >= 11 is 3.40. The summed E-state index contributed by atoms with van der Waals surface area (Å²) in [5.41, 5.74) is 6.47. The molecule has 3 N–H and O–H groups in total. The first kappa shape index (κ1) is 22.6. The number of carbonyl (C=O) groups is 2. The predicted octanol–water partition coefficient (Wildman–Crippen LogP) is 2.26. The fraction of sp³-hybridized carbons (Fsp3) is 0.556. The molecule has 1 aliphatic rings. The second-order valence-electron chi connectivity index (χ2n) is 6.72. The normalized spacial score (nSPS) is 20.2. The van der Waals surface area contributed by atoms with Crippen molar-refractivity contribution in [1.82, 2.24) is 5.32 Å². The third kappa shape index (κ3) is 5.92. The van der Waals surface area contributed by atoms with Gasteiger partial charge in [0.05, 0.1) is 13.2 Å². The minimum absolute atomic E-state index is 0.108. The van der Waals surface area contributed by atoms with Crippen molar-refractivity contribution >= 4 is 27.8 Å². The number of benzene rings is 1. The van der Waals surface area contributed by atoms with Gasteiger partial charge < -0.3 is 20.5 Å². The largest absolute Gasteiger partial charge is 0.467 e. The van der Waals surface area contributed by atoms with E-state index in [0.717, 1.165) is 15.6 Å². The Bertz CT molecular complexity index is 729. The molecule has 0 aliphatic heterocycles. The lowest BCUT2D eigenvalue weighted by Gasteiger charge is -2.37. The number of alkyl halides is 3. The minimum Gasteiger partial charge on any atom is -0.467 e. The van der Waals surface area contributed by atoms with Crippen LogP contribution in [-0.4, -0.2) is 50.0 Å². The molecule has 2 unspecified atom stereocenters. The SMILES string of the molecule is COC(=O)C1(NC(=O)C(N)CCOCC(F)(F)F)CCc2cc(Br)ccc2C1. The lowest BCUT2D eigenvalue weighted by Crippen LogP contribution is -2.61. The second kappa shape index (κ2) is 9.23. The van der Waals surface area contributed by atoms with Crippen LogP contribution in [0.2, 0.25) is 0 Å². The lowest BCUT2D eigenvalue weighted by molar-refractivity contribution is -0.174. The Morgan fingerprint density at radius 1 is 1.36 bits per heavy atom. The van der Waals surface area contributed by atoms with Crippen LogP contribution in [0.5, 0.6) is 0 Å². The van der Waals surface area contributed by atoms with E-state index in [2.05, 4.69) is 26.0 Å². The smallest absolute Gasteiger partial charge is 0.411 e. The number of hydrogen-bond donors (Lipinski definition) is 2. The average Bonchev–Trinajstić information content (AvgIpc) is 2.63. The Morgan fingerprint density at radius 3 is 2.71 bits per heavy atom. The van der Waals surface area contributed by atoms with Crippen LogP contribution in [-0.2, 0) is 31.9 Å². The molecule has 0 radical (unpaired) electrons. The highest BCUT2D eigenvalue weighted by Gasteiger charge is 2.44. The highest BCUT2D eigenvalue weighted by atomic mass is 79.9. The summed E-state index contributed by atoms with van der Waals surface area (Å²) < 4.78 is 46.5. The first-order chi connectivity index (χ1) is 13.1. The van der Waals surface area contributed by atoms with Crippen molar-refractivity contribution in [3.8, 4) is 0 Å². The Labute approximate surface area is 169 Å². The highest BCUT2D eigenvalue weighted by Crippen LogP contribution is 2.31. The zero-order chi connectivity index (χ0) is 20.9. The molecule has 0 fully saturated rings. The second-order valence-corrected chi connectivity index (χ2v) is 7.63. The number of esters is 1. The van der Waals surface area contributed by atoms with E-state index >= 15 is 0 Å². The molecule has 0 saturated carbocycles. The van der Waals surface area contributed by atoms with Crippen molar-refractivity contribution < 1.29 is 32.2 Å². The summed E-state index contributed by atoms with van der Waals surface area (Å²) in [6, 6.07) is 4.56. The zero-order valence-corrected chi connectivity index (χ0v) is 16.9. The first-order valence-electron chi connectivity index (χ1n) is 8.64. The maximum Gasteiger partial charge on any atom is 0.411 e. The monoisotopic (exact) mass is 466 g/mol. The van der Waals surface area contributed by atoms with Gasteiger partial charge in [0.15, 0.2) is 0 Å². The number of hydrogen-bond acceptors (Lipinski definition) is 5. The predicted molar refractivity (Wildman–Crippen MR) is 98.5 cm³/mol. The maximum atomic E-state index is 12.5. The first-order valence-corrected chi connectivity index (χ1v) is 9.43. The summed E-state index contributed by atoms with van der Waals surface area (Å²) in [4.78, 5) is 24.9. The van der Waals surface area contributed by atoms with E-state index in [0.29, 0.717) is 12.8 Å². The summed E-state index contributed by atoms with van der Waals surface area (Å²) in [5, 5.41) is 2.67. The molecule has 1 aromatic carbocycles.